The molecule has 0 radical (unpaired) electrons. The molecule has 2 aromatic rings. The van der Waals surface area contributed by atoms with Crippen LogP contribution in [0.5, 0.6) is 0 Å². The minimum Gasteiger partial charge on any atom is -0.466 e. The highest BCUT2D eigenvalue weighted by Crippen LogP contribution is 2.44. The van der Waals surface area contributed by atoms with Gasteiger partial charge in [-0.15, -0.1) is 0 Å². The van der Waals surface area contributed by atoms with Crippen molar-refractivity contribution >= 4 is 34.9 Å². The van der Waals surface area contributed by atoms with Crippen molar-refractivity contribution in [1.82, 2.24) is 4.98 Å². The lowest BCUT2D eigenvalue weighted by Crippen LogP contribution is -2.40. The molecular formula is C26H25ClN4O4. The van der Waals surface area contributed by atoms with Crippen LogP contribution in [0.3, 0.4) is 0 Å². The summed E-state index contributed by atoms with van der Waals surface area (Å²) in [6.45, 7) is -0.450. The van der Waals surface area contributed by atoms with Gasteiger partial charge in [-0.2, -0.15) is 10.4 Å². The Morgan fingerprint density at radius 1 is 1.20 bits per heavy atom. The van der Waals surface area contributed by atoms with E-state index < -0.39 is 18.5 Å². The zero-order valence-electron chi connectivity index (χ0n) is 19.4. The highest BCUT2D eigenvalue weighted by atomic mass is 35.5. The highest BCUT2D eigenvalue weighted by Gasteiger charge is 2.46. The molecule has 0 N–H and O–H groups in total. The van der Waals surface area contributed by atoms with E-state index in [4.69, 9.17) is 21.4 Å². The zero-order chi connectivity index (χ0) is 24.5. The molecule has 9 heteroatoms. The molecule has 5 rings (SSSR count). The van der Waals surface area contributed by atoms with E-state index in [1.807, 2.05) is 18.2 Å². The number of fused-ring (bicyclic) bond motifs is 3. The van der Waals surface area contributed by atoms with Crippen LogP contribution < -0.4 is 5.01 Å². The van der Waals surface area contributed by atoms with Gasteiger partial charge >= 0.3 is 11.9 Å². The summed E-state index contributed by atoms with van der Waals surface area (Å²) in [5, 5.41) is 16.9. The van der Waals surface area contributed by atoms with Crippen LogP contribution in [-0.4, -0.2) is 42.4 Å². The summed E-state index contributed by atoms with van der Waals surface area (Å²) in [5.74, 6) is -0.511. The fraction of sp³-hybridized carbons (Fsp3) is 0.423. The van der Waals surface area contributed by atoms with Crippen LogP contribution in [0.25, 0.3) is 0 Å². The molecular weight excluding hydrogens is 468 g/mol. The van der Waals surface area contributed by atoms with Crippen LogP contribution in [0.15, 0.2) is 35.4 Å². The van der Waals surface area contributed by atoms with Crippen molar-refractivity contribution < 1.29 is 19.1 Å². The largest absolute Gasteiger partial charge is 0.466 e. The molecule has 1 aromatic heterocycles. The third-order valence-corrected chi connectivity index (χ3v) is 7.49. The number of hydrazone groups is 1. The molecule has 2 unspecified atom stereocenters. The number of aryl methyl sites for hydroxylation is 1. The van der Waals surface area contributed by atoms with Gasteiger partial charge in [0.25, 0.3) is 0 Å². The van der Waals surface area contributed by atoms with Crippen molar-refractivity contribution in [2.75, 3.05) is 18.7 Å². The van der Waals surface area contributed by atoms with Crippen LogP contribution in [-0.2, 0) is 20.7 Å². The molecule has 0 amide bonds. The Morgan fingerprint density at radius 2 is 2.00 bits per heavy atom. The Kier molecular flexibility index (Phi) is 6.44. The van der Waals surface area contributed by atoms with E-state index in [1.54, 1.807) is 12.1 Å². The van der Waals surface area contributed by atoms with Crippen molar-refractivity contribution in [3.8, 4) is 6.07 Å². The fourth-order valence-corrected chi connectivity index (χ4v) is 5.75. The summed E-state index contributed by atoms with van der Waals surface area (Å²) in [4.78, 5) is 28.2. The molecule has 35 heavy (non-hydrogen) atoms. The number of hydrogen-bond donors (Lipinski definition) is 0. The van der Waals surface area contributed by atoms with E-state index in [1.165, 1.54) is 32.8 Å². The lowest BCUT2D eigenvalue weighted by atomic mass is 9.76. The maximum atomic E-state index is 12.4. The normalized spacial score (nSPS) is 21.1. The van der Waals surface area contributed by atoms with Gasteiger partial charge in [0.05, 0.1) is 40.8 Å². The Balaban J connectivity index is 1.47. The average Bonchev–Trinajstić information content (AvgIpc) is 3.54. The van der Waals surface area contributed by atoms with Crippen molar-refractivity contribution in [1.29, 1.82) is 5.26 Å². The number of hydrogen-bond acceptors (Lipinski definition) is 8. The van der Waals surface area contributed by atoms with Crippen LogP contribution in [0.4, 0.5) is 5.69 Å². The molecule has 1 fully saturated rings. The molecule has 2 aliphatic carbocycles. The number of nitrogens with zero attached hydrogens (tertiary/aromatic N) is 4. The number of pyridine rings is 1. The van der Waals surface area contributed by atoms with Gasteiger partial charge in [-0.25, -0.2) is 14.6 Å². The van der Waals surface area contributed by atoms with E-state index in [0.29, 0.717) is 16.5 Å². The van der Waals surface area contributed by atoms with E-state index in [-0.39, 0.29) is 17.7 Å². The molecule has 0 saturated heterocycles. The summed E-state index contributed by atoms with van der Waals surface area (Å²) < 4.78 is 9.51. The topological polar surface area (TPSA) is 105 Å². The average molecular weight is 493 g/mol. The summed E-state index contributed by atoms with van der Waals surface area (Å²) in [5.41, 5.74) is 4.20. The lowest BCUT2D eigenvalue weighted by molar-refractivity contribution is -0.144. The van der Waals surface area contributed by atoms with Gasteiger partial charge < -0.3 is 9.47 Å². The second-order valence-electron chi connectivity index (χ2n) is 9.13. The second kappa shape index (κ2) is 9.67. The predicted molar refractivity (Wildman–Crippen MR) is 129 cm³/mol. The fourth-order valence-electron chi connectivity index (χ4n) is 5.53. The number of halogens is 1. The molecule has 2 atom stereocenters. The number of aromatic nitrogens is 1. The minimum absolute atomic E-state index is 0.160. The quantitative estimate of drug-likeness (QED) is 0.573. The standard InChI is InChI=1S/C26H25ClN4O4/c1-34-23(32)14-35-26(33)22-11-8-18-21(29-22)10-9-19-24(18)30-31(25(19)15-4-2-3-5-15)17-7-6-16(13-28)20(27)12-17/h6-8,11-12,15,19,25H,2-5,9-10,14H2,1H3. The van der Waals surface area contributed by atoms with Gasteiger partial charge in [0.2, 0.25) is 0 Å². The molecule has 0 bridgehead atoms. The molecule has 1 aromatic carbocycles. The molecule has 1 saturated carbocycles. The van der Waals surface area contributed by atoms with Gasteiger partial charge in [-0.3, -0.25) is 5.01 Å². The number of methoxy groups -OCH3 is 1. The van der Waals surface area contributed by atoms with Crippen molar-refractivity contribution in [3.63, 3.8) is 0 Å². The van der Waals surface area contributed by atoms with Gasteiger partial charge in [-0.1, -0.05) is 24.4 Å². The number of carbonyl (C=O) groups is 2. The smallest absolute Gasteiger partial charge is 0.357 e. The Labute approximate surface area is 208 Å². The highest BCUT2D eigenvalue weighted by molar-refractivity contribution is 6.32. The zero-order valence-corrected chi connectivity index (χ0v) is 20.1. The van der Waals surface area contributed by atoms with Gasteiger partial charge in [0, 0.05) is 11.5 Å². The third-order valence-electron chi connectivity index (χ3n) is 7.18. The predicted octanol–water partition coefficient (Wildman–Crippen LogP) is 4.28. The number of anilines is 1. The maximum absolute atomic E-state index is 12.4. The first-order valence-electron chi connectivity index (χ1n) is 11.8. The molecule has 3 aliphatic rings. The number of esters is 2. The van der Waals surface area contributed by atoms with Gasteiger partial charge in [0.1, 0.15) is 11.8 Å². The third kappa shape index (κ3) is 4.37. The van der Waals surface area contributed by atoms with Crippen LogP contribution in [0.1, 0.15) is 59.4 Å². The van der Waals surface area contributed by atoms with E-state index >= 15 is 0 Å². The lowest BCUT2D eigenvalue weighted by Gasteiger charge is -2.34. The van der Waals surface area contributed by atoms with Gasteiger partial charge in [0.15, 0.2) is 6.61 Å². The summed E-state index contributed by atoms with van der Waals surface area (Å²) in [7, 11) is 1.24. The van der Waals surface area contributed by atoms with E-state index in [0.717, 1.165) is 35.5 Å². The molecule has 2 heterocycles. The van der Waals surface area contributed by atoms with Crippen molar-refractivity contribution in [2.45, 2.75) is 44.6 Å². The Hall–Kier alpha value is -3.44. The first kappa shape index (κ1) is 23.3. The number of carbonyl (C=O) groups excluding carboxylic acids is 2. The summed E-state index contributed by atoms with van der Waals surface area (Å²) >= 11 is 6.37. The molecule has 8 nitrogen and oxygen atoms in total. The maximum Gasteiger partial charge on any atom is 0.357 e. The first-order valence-corrected chi connectivity index (χ1v) is 12.2. The van der Waals surface area contributed by atoms with Crippen LogP contribution in [0.2, 0.25) is 5.02 Å². The monoisotopic (exact) mass is 492 g/mol. The minimum atomic E-state index is -0.661. The first-order chi connectivity index (χ1) is 17.0. The van der Waals surface area contributed by atoms with E-state index in [2.05, 4.69) is 20.8 Å². The summed E-state index contributed by atoms with van der Waals surface area (Å²) in [6, 6.07) is 11.3. The Bertz CT molecular complexity index is 1250. The van der Waals surface area contributed by atoms with Crippen molar-refractivity contribution in [2.24, 2.45) is 16.9 Å². The second-order valence-corrected chi connectivity index (χ2v) is 9.54. The molecule has 180 valence electrons. The molecule has 0 spiro atoms. The van der Waals surface area contributed by atoms with Crippen molar-refractivity contribution in [3.05, 3.63) is 57.9 Å². The number of rotatable bonds is 5. The molecule has 1 aliphatic heterocycles. The van der Waals surface area contributed by atoms with E-state index in [9.17, 15) is 14.9 Å². The Morgan fingerprint density at radius 3 is 2.71 bits per heavy atom. The van der Waals surface area contributed by atoms with Crippen LogP contribution in [0, 0.1) is 23.2 Å². The number of nitriles is 1. The number of benzene rings is 1. The van der Waals surface area contributed by atoms with Crippen LogP contribution >= 0.6 is 11.6 Å². The summed E-state index contributed by atoms with van der Waals surface area (Å²) in [6.07, 6.45) is 6.38. The van der Waals surface area contributed by atoms with Gasteiger partial charge in [-0.05, 0) is 61.9 Å². The SMILES string of the molecule is COC(=O)COC(=O)c1ccc2c(n1)CCC1C2=NN(c2ccc(C#N)c(Cl)c2)C1C1CCCC1. The number of ether oxygens (including phenoxy) is 2.